The Hall–Kier alpha value is -4.52. The molecule has 2 N–H and O–H groups in total. The van der Waals surface area contributed by atoms with Gasteiger partial charge in [0.2, 0.25) is 0 Å². The number of benzene rings is 2. The number of halogens is 1. The molecule has 2 aliphatic heterocycles. The number of ether oxygens (including phenoxy) is 1. The Morgan fingerprint density at radius 3 is 2.71 bits per heavy atom. The van der Waals surface area contributed by atoms with E-state index < -0.39 is 0 Å². The summed E-state index contributed by atoms with van der Waals surface area (Å²) in [6, 6.07) is 19.0. The quantitative estimate of drug-likeness (QED) is 0.150. The molecular formula is C36H34ClN9OS. The minimum Gasteiger partial charge on any atom is -0.378 e. The number of rotatable bonds is 11. The molecule has 10 nitrogen and oxygen atoms in total. The summed E-state index contributed by atoms with van der Waals surface area (Å²) in [6.07, 6.45) is 7.79. The first-order valence-electron chi connectivity index (χ1n) is 16.4. The van der Waals surface area contributed by atoms with Gasteiger partial charge in [-0.15, -0.1) is 16.4 Å². The maximum Gasteiger partial charge on any atom is 0.110 e. The Kier molecular flexibility index (Phi) is 8.45. The second-order valence-electron chi connectivity index (χ2n) is 12.8. The molecule has 3 aliphatic rings. The average Bonchev–Trinajstić information content (AvgIpc) is 3.67. The van der Waals surface area contributed by atoms with Crippen molar-refractivity contribution in [2.75, 3.05) is 30.4 Å². The van der Waals surface area contributed by atoms with Gasteiger partial charge in [0.05, 0.1) is 71.4 Å². The molecule has 242 valence electrons. The molecule has 1 saturated carbocycles. The van der Waals surface area contributed by atoms with Crippen LogP contribution in [0.2, 0.25) is 5.02 Å². The van der Waals surface area contributed by atoms with E-state index in [1.165, 1.54) is 16.0 Å². The minimum absolute atomic E-state index is 0.187. The molecule has 1 aliphatic carbocycles. The fourth-order valence-electron chi connectivity index (χ4n) is 6.75. The van der Waals surface area contributed by atoms with Crippen LogP contribution < -0.4 is 10.6 Å². The molecule has 0 amide bonds. The predicted molar refractivity (Wildman–Crippen MR) is 186 cm³/mol. The van der Waals surface area contributed by atoms with E-state index in [0.717, 1.165) is 67.9 Å². The molecule has 3 aromatic heterocycles. The lowest BCUT2D eigenvalue weighted by Gasteiger charge is -2.39. The highest BCUT2D eigenvalue weighted by molar-refractivity contribution is 7.10. The summed E-state index contributed by atoms with van der Waals surface area (Å²) >= 11 is 8.76. The Balaban J connectivity index is 1.18. The lowest BCUT2D eigenvalue weighted by Crippen LogP contribution is -2.50. The average molecular weight is 676 g/mol. The number of nitriles is 2. The van der Waals surface area contributed by atoms with Crippen molar-refractivity contribution in [3.8, 4) is 12.1 Å². The lowest BCUT2D eigenvalue weighted by atomic mass is 9.95. The standard InChI is InChI=1S/C36H34ClN9OS/c37-30-14-24(13-28-34(23(15-39)16-40-35(28)30)42-31(7-4-11-38)22-5-2-1-3-6-22)41-36(32-17-46(44-43-32)25-8-9-25)29-21-48-33-18-45(12-10-27(29)33)26-19-47-20-26/h1-3,5-6,13-14,16-17,21,25-26,31,36,41H,4,7-10,12,18-20H2,(H,40,42)/t31?,36-/m0/s1. The molecule has 12 heteroatoms. The van der Waals surface area contributed by atoms with E-state index in [4.69, 9.17) is 16.3 Å². The number of aromatic nitrogens is 4. The van der Waals surface area contributed by atoms with Crippen molar-refractivity contribution in [2.45, 2.75) is 62.8 Å². The van der Waals surface area contributed by atoms with E-state index >= 15 is 0 Å². The van der Waals surface area contributed by atoms with Crippen molar-refractivity contribution >= 4 is 45.2 Å². The monoisotopic (exact) mass is 675 g/mol. The van der Waals surface area contributed by atoms with Crippen LogP contribution >= 0.6 is 22.9 Å². The smallest absolute Gasteiger partial charge is 0.110 e. The van der Waals surface area contributed by atoms with E-state index in [9.17, 15) is 10.5 Å². The van der Waals surface area contributed by atoms with Gasteiger partial charge < -0.3 is 15.4 Å². The van der Waals surface area contributed by atoms with Crippen LogP contribution in [0.5, 0.6) is 0 Å². The van der Waals surface area contributed by atoms with Gasteiger partial charge in [-0.25, -0.2) is 4.68 Å². The van der Waals surface area contributed by atoms with Crippen LogP contribution in [0.25, 0.3) is 10.9 Å². The maximum absolute atomic E-state index is 10.2. The molecule has 5 aromatic rings. The Labute approximate surface area is 287 Å². The molecule has 0 spiro atoms. The predicted octanol–water partition coefficient (Wildman–Crippen LogP) is 7.16. The number of nitrogens with zero attached hydrogens (tertiary/aromatic N) is 7. The third kappa shape index (κ3) is 5.99. The van der Waals surface area contributed by atoms with Gasteiger partial charge in [-0.1, -0.05) is 47.1 Å². The zero-order valence-corrected chi connectivity index (χ0v) is 27.8. The summed E-state index contributed by atoms with van der Waals surface area (Å²) < 4.78 is 7.47. The summed E-state index contributed by atoms with van der Waals surface area (Å²) in [4.78, 5) is 8.52. The van der Waals surface area contributed by atoms with Gasteiger partial charge in [-0.05, 0) is 59.9 Å². The van der Waals surface area contributed by atoms with E-state index in [1.807, 2.05) is 58.5 Å². The lowest BCUT2D eigenvalue weighted by molar-refractivity contribution is -0.0691. The van der Waals surface area contributed by atoms with Gasteiger partial charge in [-0.2, -0.15) is 10.5 Å². The second kappa shape index (κ2) is 13.2. The van der Waals surface area contributed by atoms with Crippen LogP contribution in [0.1, 0.15) is 76.6 Å². The third-order valence-electron chi connectivity index (χ3n) is 9.62. The number of thiophene rings is 1. The highest BCUT2D eigenvalue weighted by Crippen LogP contribution is 2.41. The van der Waals surface area contributed by atoms with Crippen molar-refractivity contribution in [3.63, 3.8) is 0 Å². The molecule has 2 aromatic carbocycles. The summed E-state index contributed by atoms with van der Waals surface area (Å²) in [5.41, 5.74) is 6.91. The molecule has 1 saturated heterocycles. The van der Waals surface area contributed by atoms with Crippen molar-refractivity contribution in [2.24, 2.45) is 0 Å². The van der Waals surface area contributed by atoms with Gasteiger partial charge in [0, 0.05) is 41.7 Å². The van der Waals surface area contributed by atoms with Gasteiger partial charge in [-0.3, -0.25) is 9.88 Å². The molecule has 2 fully saturated rings. The molecule has 0 bridgehead atoms. The number of anilines is 2. The SMILES string of the molecule is N#CCCC(Nc1c(C#N)cnc2c(Cl)cc(N[C@H](c3cn(C4CC4)nn3)c3csc4c3CCN(C3COC3)C4)cc12)c1ccccc1. The number of hydrogen-bond acceptors (Lipinski definition) is 10. The van der Waals surface area contributed by atoms with Gasteiger partial charge >= 0.3 is 0 Å². The summed E-state index contributed by atoms with van der Waals surface area (Å²) in [5.74, 6) is 0. The first kappa shape index (κ1) is 30.8. The summed E-state index contributed by atoms with van der Waals surface area (Å²) in [5, 5.41) is 39.6. The number of hydrogen-bond donors (Lipinski definition) is 2. The highest BCUT2D eigenvalue weighted by Gasteiger charge is 2.33. The first-order chi connectivity index (χ1) is 23.6. The van der Waals surface area contributed by atoms with Gasteiger partial charge in [0.25, 0.3) is 0 Å². The zero-order chi connectivity index (χ0) is 32.6. The van der Waals surface area contributed by atoms with Crippen LogP contribution in [0.15, 0.2) is 60.2 Å². The highest BCUT2D eigenvalue weighted by atomic mass is 35.5. The number of pyridine rings is 1. The van der Waals surface area contributed by atoms with Crippen LogP contribution in [0, 0.1) is 22.7 Å². The van der Waals surface area contributed by atoms with Crippen LogP contribution in [-0.2, 0) is 17.7 Å². The van der Waals surface area contributed by atoms with Crippen molar-refractivity contribution in [1.82, 2.24) is 24.9 Å². The topological polar surface area (TPSA) is 128 Å². The summed E-state index contributed by atoms with van der Waals surface area (Å²) in [7, 11) is 0. The molecule has 48 heavy (non-hydrogen) atoms. The molecular weight excluding hydrogens is 642 g/mol. The molecule has 5 heterocycles. The first-order valence-corrected chi connectivity index (χ1v) is 17.7. The fourth-order valence-corrected chi connectivity index (χ4v) is 8.17. The minimum atomic E-state index is -0.249. The number of fused-ring (bicyclic) bond motifs is 2. The van der Waals surface area contributed by atoms with Crippen LogP contribution in [-0.4, -0.2) is 50.7 Å². The summed E-state index contributed by atoms with van der Waals surface area (Å²) in [6.45, 7) is 3.56. The fraction of sp³-hybridized carbons (Fsp3) is 0.361. The Morgan fingerprint density at radius 1 is 1.10 bits per heavy atom. The van der Waals surface area contributed by atoms with Crippen LogP contribution in [0.3, 0.4) is 0 Å². The van der Waals surface area contributed by atoms with Gasteiger partial charge in [0.15, 0.2) is 0 Å². The normalized spacial score (nSPS) is 17.6. The van der Waals surface area contributed by atoms with E-state index in [0.29, 0.717) is 46.7 Å². The van der Waals surface area contributed by atoms with E-state index in [2.05, 4.69) is 54.5 Å². The Morgan fingerprint density at radius 2 is 1.96 bits per heavy atom. The van der Waals surface area contributed by atoms with Crippen LogP contribution in [0.4, 0.5) is 11.4 Å². The molecule has 8 rings (SSSR count). The third-order valence-corrected chi connectivity index (χ3v) is 10.9. The molecule has 0 radical (unpaired) electrons. The van der Waals surface area contributed by atoms with Crippen molar-refractivity contribution in [1.29, 1.82) is 10.5 Å². The van der Waals surface area contributed by atoms with Crippen molar-refractivity contribution < 1.29 is 4.74 Å². The van der Waals surface area contributed by atoms with E-state index in [1.54, 1.807) is 6.20 Å². The molecule has 2 atom stereocenters. The van der Waals surface area contributed by atoms with E-state index in [-0.39, 0.29) is 12.1 Å². The Bertz CT molecular complexity index is 2040. The zero-order valence-electron chi connectivity index (χ0n) is 26.3. The largest absolute Gasteiger partial charge is 0.378 e. The van der Waals surface area contributed by atoms with Crippen molar-refractivity contribution in [3.05, 3.63) is 98.1 Å². The van der Waals surface area contributed by atoms with Gasteiger partial charge in [0.1, 0.15) is 11.8 Å². The number of nitrogens with one attached hydrogen (secondary N) is 2. The molecule has 1 unspecified atom stereocenters. The second-order valence-corrected chi connectivity index (χ2v) is 14.1. The maximum atomic E-state index is 10.2.